The number of aromatic nitrogens is 8. The fourth-order valence-electron chi connectivity index (χ4n) is 12.7. The van der Waals surface area contributed by atoms with E-state index in [1.165, 1.54) is 21.5 Å². The van der Waals surface area contributed by atoms with Gasteiger partial charge in [0.05, 0.1) is 34.6 Å². The molecule has 4 fully saturated rings. The summed E-state index contributed by atoms with van der Waals surface area (Å²) in [6.07, 6.45) is 10.9. The van der Waals surface area contributed by atoms with Gasteiger partial charge in [-0.3, -0.25) is 28.5 Å². The highest BCUT2D eigenvalue weighted by Gasteiger charge is 2.37. The summed E-state index contributed by atoms with van der Waals surface area (Å²) in [5, 5.41) is 23.8. The molecule has 0 aliphatic carbocycles. The third-order valence-electron chi connectivity index (χ3n) is 16.5. The molecule has 438 valence electrons. The first kappa shape index (κ1) is 55.9. The summed E-state index contributed by atoms with van der Waals surface area (Å²) < 4.78 is 45.6. The van der Waals surface area contributed by atoms with E-state index in [0.29, 0.717) is 78.0 Å². The molecule has 8 heterocycles. The van der Waals surface area contributed by atoms with Crippen LogP contribution in [0.2, 0.25) is 0 Å². The molecule has 4 saturated heterocycles. The molecular weight excluding hydrogens is 1080 g/mol. The number of hydrogen-bond acceptors (Lipinski definition) is 16. The Morgan fingerprint density at radius 3 is 1.80 bits per heavy atom. The molecule has 0 spiro atoms. The molecule has 0 bridgehead atoms. The Hall–Kier alpha value is -8.64. The second-order valence-corrected chi connectivity index (χ2v) is 23.1. The summed E-state index contributed by atoms with van der Waals surface area (Å²) in [4.78, 5) is 82.1. The standard InChI is InChI=1S/C60H68F2N16O6/c1-33-26-77(27-34(2)65-33)49-14-12-44(57(81)68-40-20-38-30-74(5)72-53(38)48(62)23-40)55-45(49)25-64-60(70-55)84-32-36-10-11-42(75(6)58(36)82)21-41-31-78(28-35(3)66-41)50-15-13-43(56(80)67-39-19-37-29-73(4)71-52(37)47(61)22-39)54-46(50)24-63-59(69-54)83-18-17-76-16-8-7-9-51(76)79/h12-15,19-20,22-25,29-30,33-36,41-42,65-66H,7-11,16-18,21,26-28,31-32H2,1-6H3,(H,67,80)(H,68,81)/t33-,34+,35-,36?,41+,42?/m1/s1. The highest BCUT2D eigenvalue weighted by molar-refractivity contribution is 6.15. The third-order valence-corrected chi connectivity index (χ3v) is 16.5. The fraction of sp³-hybridized carbons (Fsp3) is 0.433. The number of benzene rings is 4. The number of piperidine rings is 2. The molecule has 2 unspecified atom stereocenters. The summed E-state index contributed by atoms with van der Waals surface area (Å²) in [5.74, 6) is -2.56. The largest absolute Gasteiger partial charge is 0.463 e. The lowest BCUT2D eigenvalue weighted by atomic mass is 9.88. The van der Waals surface area contributed by atoms with E-state index in [1.807, 2.05) is 24.1 Å². The number of anilines is 4. The lowest BCUT2D eigenvalue weighted by Crippen LogP contribution is -2.58. The summed E-state index contributed by atoms with van der Waals surface area (Å²) >= 11 is 0. The normalized spacial score (nSPS) is 21.5. The first-order valence-corrected chi connectivity index (χ1v) is 28.8. The minimum Gasteiger partial charge on any atom is -0.463 e. The molecule has 4 N–H and O–H groups in total. The summed E-state index contributed by atoms with van der Waals surface area (Å²) in [7, 11) is 5.24. The number of halogens is 2. The Bertz CT molecular complexity index is 3870. The average molecular weight is 1150 g/mol. The van der Waals surface area contributed by atoms with E-state index < -0.39 is 29.4 Å². The second kappa shape index (κ2) is 23.2. The summed E-state index contributed by atoms with van der Waals surface area (Å²) in [6.45, 7) is 10.3. The fourth-order valence-corrected chi connectivity index (χ4v) is 12.7. The molecule has 0 radical (unpaired) electrons. The Morgan fingerprint density at radius 2 is 1.23 bits per heavy atom. The van der Waals surface area contributed by atoms with Crippen LogP contribution < -0.4 is 40.5 Å². The van der Waals surface area contributed by atoms with Crippen LogP contribution in [0.5, 0.6) is 12.0 Å². The number of nitrogens with one attached hydrogen (secondary N) is 4. The Balaban J connectivity index is 0.739. The molecule has 4 aromatic heterocycles. The first-order chi connectivity index (χ1) is 40.5. The van der Waals surface area contributed by atoms with Crippen LogP contribution in [0.1, 0.15) is 80.0 Å². The maximum atomic E-state index is 15.2. The molecule has 84 heavy (non-hydrogen) atoms. The summed E-state index contributed by atoms with van der Waals surface area (Å²) in [5.41, 5.74) is 3.79. The maximum absolute atomic E-state index is 15.2. The number of piperazine rings is 2. The van der Waals surface area contributed by atoms with E-state index in [4.69, 9.17) is 19.4 Å². The Morgan fingerprint density at radius 1 is 0.679 bits per heavy atom. The molecule has 8 aromatic rings. The van der Waals surface area contributed by atoms with Crippen molar-refractivity contribution in [3.8, 4) is 12.0 Å². The number of ether oxygens (including phenoxy) is 2. The predicted octanol–water partition coefficient (Wildman–Crippen LogP) is 6.58. The number of nitrogens with zero attached hydrogens (tertiary/aromatic N) is 12. The topological polar surface area (TPSA) is 235 Å². The van der Waals surface area contributed by atoms with E-state index in [0.717, 1.165) is 43.7 Å². The number of likely N-dealkylation sites (tertiary alicyclic amines) is 2. The van der Waals surface area contributed by atoms with Crippen molar-refractivity contribution in [1.29, 1.82) is 0 Å². The zero-order valence-electron chi connectivity index (χ0n) is 47.9. The smallest absolute Gasteiger partial charge is 0.317 e. The zero-order valence-corrected chi connectivity index (χ0v) is 47.9. The van der Waals surface area contributed by atoms with Gasteiger partial charge in [-0.15, -0.1) is 0 Å². The number of carbonyl (C=O) groups is 4. The minimum atomic E-state index is -0.566. The van der Waals surface area contributed by atoms with Crippen molar-refractivity contribution >= 4 is 90.0 Å². The van der Waals surface area contributed by atoms with Crippen molar-refractivity contribution in [2.24, 2.45) is 20.0 Å². The highest BCUT2D eigenvalue weighted by atomic mass is 19.1. The number of carbonyl (C=O) groups excluding carboxylic acids is 4. The minimum absolute atomic E-state index is 0.0237. The molecule has 0 saturated carbocycles. The van der Waals surface area contributed by atoms with Crippen molar-refractivity contribution in [3.05, 3.63) is 96.1 Å². The first-order valence-electron chi connectivity index (χ1n) is 28.8. The van der Waals surface area contributed by atoms with Gasteiger partial charge in [0.25, 0.3) is 11.8 Å². The molecule has 4 aromatic carbocycles. The van der Waals surface area contributed by atoms with Crippen molar-refractivity contribution in [1.82, 2.24) is 59.9 Å². The van der Waals surface area contributed by atoms with Gasteiger partial charge < -0.3 is 50.3 Å². The van der Waals surface area contributed by atoms with Gasteiger partial charge in [0, 0.05) is 160 Å². The predicted molar refractivity (Wildman–Crippen MR) is 315 cm³/mol. The van der Waals surface area contributed by atoms with Crippen LogP contribution >= 0.6 is 0 Å². The van der Waals surface area contributed by atoms with Crippen molar-refractivity contribution in [2.45, 2.75) is 89.5 Å². The van der Waals surface area contributed by atoms with Gasteiger partial charge in [-0.2, -0.15) is 20.2 Å². The van der Waals surface area contributed by atoms with Crippen LogP contribution in [-0.2, 0) is 23.7 Å². The van der Waals surface area contributed by atoms with Crippen LogP contribution in [0.15, 0.2) is 73.3 Å². The molecule has 4 aliphatic heterocycles. The molecule has 12 rings (SSSR count). The number of rotatable bonds is 15. The van der Waals surface area contributed by atoms with E-state index in [9.17, 15) is 19.2 Å². The third kappa shape index (κ3) is 11.6. The van der Waals surface area contributed by atoms with Crippen LogP contribution in [0.3, 0.4) is 0 Å². The van der Waals surface area contributed by atoms with Gasteiger partial charge in [0.15, 0.2) is 11.6 Å². The molecule has 4 aliphatic rings. The van der Waals surface area contributed by atoms with Gasteiger partial charge >= 0.3 is 12.0 Å². The van der Waals surface area contributed by atoms with Gasteiger partial charge in [0.2, 0.25) is 11.8 Å². The van der Waals surface area contributed by atoms with Crippen molar-refractivity contribution < 1.29 is 37.4 Å². The van der Waals surface area contributed by atoms with Gasteiger partial charge in [0.1, 0.15) is 24.2 Å². The molecule has 6 atom stereocenters. The maximum Gasteiger partial charge on any atom is 0.317 e. The summed E-state index contributed by atoms with van der Waals surface area (Å²) in [6, 6.07) is 13.5. The highest BCUT2D eigenvalue weighted by Crippen LogP contribution is 2.35. The van der Waals surface area contributed by atoms with Gasteiger partial charge in [-0.1, -0.05) is 0 Å². The second-order valence-electron chi connectivity index (χ2n) is 23.1. The van der Waals surface area contributed by atoms with E-state index in [2.05, 4.69) is 72.0 Å². The van der Waals surface area contributed by atoms with E-state index in [1.54, 1.807) is 68.0 Å². The Kier molecular flexibility index (Phi) is 15.4. The van der Waals surface area contributed by atoms with Crippen molar-refractivity contribution in [2.75, 3.05) is 80.0 Å². The molecular formula is C60H68F2N16O6. The average Bonchev–Trinajstić information content (AvgIpc) is 1.79. The van der Waals surface area contributed by atoms with Gasteiger partial charge in [-0.05, 0) is 101 Å². The van der Waals surface area contributed by atoms with Crippen LogP contribution in [0.4, 0.5) is 31.5 Å². The quantitative estimate of drug-likeness (QED) is 0.0849. The number of amides is 4. The van der Waals surface area contributed by atoms with E-state index >= 15 is 8.78 Å². The molecule has 24 heteroatoms. The van der Waals surface area contributed by atoms with E-state index in [-0.39, 0.29) is 101 Å². The number of hydrogen-bond donors (Lipinski definition) is 4. The molecule has 22 nitrogen and oxygen atoms in total. The lowest BCUT2D eigenvalue weighted by Gasteiger charge is -2.43. The van der Waals surface area contributed by atoms with Crippen LogP contribution in [0.25, 0.3) is 43.6 Å². The van der Waals surface area contributed by atoms with Crippen LogP contribution in [-0.4, -0.2) is 163 Å². The van der Waals surface area contributed by atoms with Crippen LogP contribution in [0, 0.1) is 17.6 Å². The Labute approximate surface area is 483 Å². The monoisotopic (exact) mass is 1150 g/mol. The SMILES string of the molecule is C[C@@H]1CN(c2ccc(C(=O)Nc3cc(F)c4nn(C)cc4c3)c3nc(OCCN4CCCCC4=O)ncc23)C[C@H](CC2CCC(COc3ncc4c(N5C[C@@H](C)N[C@@H](C)C5)ccc(C(=O)Nc5cc(F)c6nn(C)cc6c5)c4n3)C(=O)N2C)N1. The van der Waals surface area contributed by atoms with Gasteiger partial charge in [-0.25, -0.2) is 18.7 Å². The molecule has 4 amide bonds. The zero-order chi connectivity index (χ0) is 58.5. The lowest BCUT2D eigenvalue weighted by molar-refractivity contribution is -0.141. The number of fused-ring (bicyclic) bond motifs is 4. The van der Waals surface area contributed by atoms with Crippen molar-refractivity contribution in [3.63, 3.8) is 0 Å². The number of aryl methyl sites for hydroxylation is 2.